The fourth-order valence-electron chi connectivity index (χ4n) is 1.34. The van der Waals surface area contributed by atoms with E-state index < -0.39 is 16.4 Å². The number of alkyl halides is 2. The summed E-state index contributed by atoms with van der Waals surface area (Å²) < 4.78 is 50.4. The van der Waals surface area contributed by atoms with Crippen molar-refractivity contribution in [3.63, 3.8) is 0 Å². The first kappa shape index (κ1) is 14.8. The van der Waals surface area contributed by atoms with Crippen LogP contribution in [0, 0.1) is 0 Å². The Kier molecular flexibility index (Phi) is 5.49. The van der Waals surface area contributed by atoms with E-state index in [4.69, 9.17) is 0 Å². The van der Waals surface area contributed by atoms with Gasteiger partial charge < -0.3 is 10.1 Å². The van der Waals surface area contributed by atoms with Crippen LogP contribution in [0.15, 0.2) is 24.3 Å². The van der Waals surface area contributed by atoms with Crippen LogP contribution in [0.5, 0.6) is 5.75 Å². The van der Waals surface area contributed by atoms with Gasteiger partial charge in [0.1, 0.15) is 15.6 Å². The minimum atomic E-state index is -3.02. The van der Waals surface area contributed by atoms with E-state index >= 15 is 0 Å². The third-order valence-corrected chi connectivity index (χ3v) is 3.10. The molecule has 0 aromatic heterocycles. The van der Waals surface area contributed by atoms with Gasteiger partial charge in [0.2, 0.25) is 0 Å². The molecule has 1 aromatic carbocycles. The minimum Gasteiger partial charge on any atom is -0.434 e. The van der Waals surface area contributed by atoms with Crippen molar-refractivity contribution >= 4 is 9.84 Å². The van der Waals surface area contributed by atoms with Gasteiger partial charge >= 0.3 is 6.61 Å². The average Bonchev–Trinajstić information content (AvgIpc) is 2.24. The van der Waals surface area contributed by atoms with Crippen molar-refractivity contribution in [2.75, 3.05) is 18.6 Å². The second kappa shape index (κ2) is 6.65. The van der Waals surface area contributed by atoms with Crippen LogP contribution < -0.4 is 10.1 Å². The molecule has 102 valence electrons. The Balaban J connectivity index is 2.51. The topological polar surface area (TPSA) is 55.4 Å². The normalized spacial score (nSPS) is 11.8. The number of para-hydroxylation sites is 1. The van der Waals surface area contributed by atoms with Crippen LogP contribution in [0.4, 0.5) is 8.78 Å². The predicted octanol–water partition coefficient (Wildman–Crippen LogP) is 1.42. The predicted molar refractivity (Wildman–Crippen MR) is 64.5 cm³/mol. The first-order valence-electron chi connectivity index (χ1n) is 5.29. The van der Waals surface area contributed by atoms with Gasteiger partial charge in [-0.3, -0.25) is 0 Å². The summed E-state index contributed by atoms with van der Waals surface area (Å²) in [5, 5.41) is 2.87. The van der Waals surface area contributed by atoms with Gasteiger partial charge in [-0.05, 0) is 6.07 Å². The molecule has 0 atom stereocenters. The molecular formula is C11H15F2NO3S. The maximum absolute atomic E-state index is 12.1. The third-order valence-electron chi connectivity index (χ3n) is 2.15. The number of benzene rings is 1. The Morgan fingerprint density at radius 1 is 1.33 bits per heavy atom. The average molecular weight is 279 g/mol. The standard InChI is InChI=1S/C11H15F2NO3S/c1-18(15,16)7-6-14-8-9-4-2-3-5-10(9)17-11(12)13/h2-5,11,14H,6-8H2,1H3. The highest BCUT2D eigenvalue weighted by atomic mass is 32.2. The summed E-state index contributed by atoms with van der Waals surface area (Å²) in [5.74, 6) is 0.101. The van der Waals surface area contributed by atoms with Crippen molar-refractivity contribution in [3.05, 3.63) is 29.8 Å². The Hall–Kier alpha value is -1.21. The fraction of sp³-hybridized carbons (Fsp3) is 0.455. The van der Waals surface area contributed by atoms with Crippen LogP contribution >= 0.6 is 0 Å². The number of halogens is 2. The molecule has 7 heteroatoms. The van der Waals surface area contributed by atoms with E-state index in [1.54, 1.807) is 18.2 Å². The first-order chi connectivity index (χ1) is 8.38. The quantitative estimate of drug-likeness (QED) is 0.767. The molecule has 0 saturated heterocycles. The zero-order valence-corrected chi connectivity index (χ0v) is 10.7. The van der Waals surface area contributed by atoms with Crippen molar-refractivity contribution in [1.29, 1.82) is 0 Å². The number of nitrogens with one attached hydrogen (secondary N) is 1. The third kappa shape index (κ3) is 5.92. The molecule has 0 aliphatic heterocycles. The highest BCUT2D eigenvalue weighted by Gasteiger charge is 2.08. The Morgan fingerprint density at radius 3 is 2.61 bits per heavy atom. The van der Waals surface area contributed by atoms with Gasteiger partial charge in [0.05, 0.1) is 5.75 Å². The van der Waals surface area contributed by atoms with E-state index in [9.17, 15) is 17.2 Å². The van der Waals surface area contributed by atoms with Crippen LogP contribution in [0.3, 0.4) is 0 Å². The number of ether oxygens (including phenoxy) is 1. The van der Waals surface area contributed by atoms with Gasteiger partial charge in [-0.25, -0.2) is 8.42 Å². The second-order valence-corrected chi connectivity index (χ2v) is 6.05. The molecule has 0 radical (unpaired) electrons. The van der Waals surface area contributed by atoms with Gasteiger partial charge in [0.15, 0.2) is 0 Å². The van der Waals surface area contributed by atoms with Crippen molar-refractivity contribution in [2.45, 2.75) is 13.2 Å². The largest absolute Gasteiger partial charge is 0.434 e. The van der Waals surface area contributed by atoms with E-state index in [1.807, 2.05) is 0 Å². The van der Waals surface area contributed by atoms with E-state index in [0.29, 0.717) is 5.56 Å². The summed E-state index contributed by atoms with van der Waals surface area (Å²) in [6.07, 6.45) is 1.14. The Labute approximate surface area is 105 Å². The van der Waals surface area contributed by atoms with Crippen LogP contribution in [-0.2, 0) is 16.4 Å². The molecule has 1 aromatic rings. The molecule has 0 aliphatic carbocycles. The molecule has 4 nitrogen and oxygen atoms in total. The maximum Gasteiger partial charge on any atom is 0.387 e. The lowest BCUT2D eigenvalue weighted by atomic mass is 10.2. The molecule has 1 N–H and O–H groups in total. The minimum absolute atomic E-state index is 0.00483. The lowest BCUT2D eigenvalue weighted by Crippen LogP contribution is -2.22. The van der Waals surface area contributed by atoms with Gasteiger partial charge in [0.25, 0.3) is 0 Å². The molecule has 0 bridgehead atoms. The molecule has 18 heavy (non-hydrogen) atoms. The summed E-state index contributed by atoms with van der Waals surface area (Å²) in [6.45, 7) is -2.33. The van der Waals surface area contributed by atoms with Crippen LogP contribution in [0.25, 0.3) is 0 Å². The SMILES string of the molecule is CS(=O)(=O)CCNCc1ccccc1OC(F)F. The van der Waals surface area contributed by atoms with E-state index in [0.717, 1.165) is 6.26 Å². The molecular weight excluding hydrogens is 264 g/mol. The number of hydrogen-bond donors (Lipinski definition) is 1. The number of rotatable bonds is 7. The van der Waals surface area contributed by atoms with E-state index in [1.165, 1.54) is 6.07 Å². The zero-order valence-electron chi connectivity index (χ0n) is 9.90. The lowest BCUT2D eigenvalue weighted by molar-refractivity contribution is -0.0504. The van der Waals surface area contributed by atoms with Crippen molar-refractivity contribution in [2.24, 2.45) is 0 Å². The van der Waals surface area contributed by atoms with Gasteiger partial charge in [-0.15, -0.1) is 0 Å². The monoisotopic (exact) mass is 279 g/mol. The second-order valence-electron chi connectivity index (χ2n) is 3.79. The fourth-order valence-corrected chi connectivity index (χ4v) is 1.86. The molecule has 0 aliphatic rings. The van der Waals surface area contributed by atoms with Crippen LogP contribution in [0.2, 0.25) is 0 Å². The van der Waals surface area contributed by atoms with Gasteiger partial charge in [-0.1, -0.05) is 18.2 Å². The maximum atomic E-state index is 12.1. The molecule has 0 heterocycles. The molecule has 0 saturated carbocycles. The summed E-state index contributed by atoms with van der Waals surface area (Å²) in [5.41, 5.74) is 0.561. The smallest absolute Gasteiger partial charge is 0.387 e. The van der Waals surface area contributed by atoms with Crippen molar-refractivity contribution in [1.82, 2.24) is 5.32 Å². The van der Waals surface area contributed by atoms with Gasteiger partial charge in [0, 0.05) is 24.9 Å². The lowest BCUT2D eigenvalue weighted by Gasteiger charge is -2.11. The molecule has 0 unspecified atom stereocenters. The first-order valence-corrected chi connectivity index (χ1v) is 7.36. The zero-order chi connectivity index (χ0) is 13.6. The highest BCUT2D eigenvalue weighted by Crippen LogP contribution is 2.19. The summed E-state index contributed by atoms with van der Waals surface area (Å²) in [7, 11) is -3.02. The van der Waals surface area contributed by atoms with Crippen molar-refractivity contribution in [3.8, 4) is 5.75 Å². The Morgan fingerprint density at radius 2 is 2.00 bits per heavy atom. The van der Waals surface area contributed by atoms with E-state index in [2.05, 4.69) is 10.1 Å². The van der Waals surface area contributed by atoms with Gasteiger partial charge in [-0.2, -0.15) is 8.78 Å². The summed E-state index contributed by atoms with van der Waals surface area (Å²) in [4.78, 5) is 0. The van der Waals surface area contributed by atoms with Crippen LogP contribution in [-0.4, -0.2) is 33.6 Å². The molecule has 1 rings (SSSR count). The number of sulfone groups is 1. The summed E-state index contributed by atoms with van der Waals surface area (Å²) >= 11 is 0. The van der Waals surface area contributed by atoms with Crippen LogP contribution in [0.1, 0.15) is 5.56 Å². The number of hydrogen-bond acceptors (Lipinski definition) is 4. The molecule has 0 spiro atoms. The van der Waals surface area contributed by atoms with E-state index in [-0.39, 0.29) is 24.6 Å². The summed E-state index contributed by atoms with van der Waals surface area (Å²) in [6, 6.07) is 6.38. The molecule has 0 fully saturated rings. The van der Waals surface area contributed by atoms with Crippen molar-refractivity contribution < 1.29 is 21.9 Å². The molecule has 0 amide bonds. The Bertz CT molecular complexity index is 477. The highest BCUT2D eigenvalue weighted by molar-refractivity contribution is 7.90.